The molecule has 0 aliphatic heterocycles. The van der Waals surface area contributed by atoms with Gasteiger partial charge in [-0.05, 0) is 47.5 Å². The summed E-state index contributed by atoms with van der Waals surface area (Å²) in [6.07, 6.45) is 1.54. The molecule has 0 unspecified atom stereocenters. The zero-order chi connectivity index (χ0) is 24.1. The highest BCUT2D eigenvalue weighted by Crippen LogP contribution is 2.30. The van der Waals surface area contributed by atoms with Crippen LogP contribution < -0.4 is 9.73 Å². The number of hydrazone groups is 1. The van der Waals surface area contributed by atoms with E-state index in [1.54, 1.807) is 49.5 Å². The van der Waals surface area contributed by atoms with Gasteiger partial charge in [-0.15, -0.1) is 0 Å². The van der Waals surface area contributed by atoms with E-state index in [9.17, 15) is 13.2 Å². The molecule has 6 nitrogen and oxygen atoms in total. The van der Waals surface area contributed by atoms with E-state index < -0.39 is 22.5 Å². The largest absolute Gasteiger partial charge is 0.271 e. The Bertz CT molecular complexity index is 1470. The first-order valence-electron chi connectivity index (χ1n) is 10.5. The highest BCUT2D eigenvalue weighted by molar-refractivity contribution is 7.92. The van der Waals surface area contributed by atoms with Gasteiger partial charge in [0.05, 0.1) is 16.8 Å². The van der Waals surface area contributed by atoms with E-state index in [-0.39, 0.29) is 4.90 Å². The van der Waals surface area contributed by atoms with Crippen molar-refractivity contribution in [3.8, 4) is 0 Å². The highest BCUT2D eigenvalue weighted by Gasteiger charge is 2.28. The third-order valence-electron chi connectivity index (χ3n) is 5.34. The van der Waals surface area contributed by atoms with E-state index in [1.807, 2.05) is 42.5 Å². The molecule has 1 amide bonds. The third-order valence-corrected chi connectivity index (χ3v) is 7.53. The lowest BCUT2D eigenvalue weighted by atomic mass is 10.1. The molecule has 172 valence electrons. The van der Waals surface area contributed by atoms with Gasteiger partial charge in [0.15, 0.2) is 0 Å². The van der Waals surface area contributed by atoms with Crippen LogP contribution in [0.1, 0.15) is 11.1 Å². The number of rotatable bonds is 7. The summed E-state index contributed by atoms with van der Waals surface area (Å²) in [4.78, 5) is 12.9. The second-order valence-corrected chi connectivity index (χ2v) is 9.84. The van der Waals surface area contributed by atoms with Crippen molar-refractivity contribution < 1.29 is 13.2 Å². The summed E-state index contributed by atoms with van der Waals surface area (Å²) in [6.45, 7) is 1.24. The summed E-state index contributed by atoms with van der Waals surface area (Å²) in [7, 11) is -4.03. The first kappa shape index (κ1) is 23.5. The molecule has 0 fully saturated rings. The molecular formula is C26H22ClN3O3S. The van der Waals surface area contributed by atoms with E-state index in [0.29, 0.717) is 16.3 Å². The Morgan fingerprint density at radius 1 is 0.941 bits per heavy atom. The molecule has 0 bridgehead atoms. The minimum absolute atomic E-state index is 0.0708. The average Bonchev–Trinajstić information content (AvgIpc) is 2.85. The maximum absolute atomic E-state index is 13.4. The number of anilines is 1. The first-order chi connectivity index (χ1) is 16.4. The average molecular weight is 492 g/mol. The topological polar surface area (TPSA) is 78.8 Å². The Morgan fingerprint density at radius 2 is 1.62 bits per heavy atom. The van der Waals surface area contributed by atoms with Crippen molar-refractivity contribution in [3.63, 3.8) is 0 Å². The predicted molar refractivity (Wildman–Crippen MR) is 137 cm³/mol. The van der Waals surface area contributed by atoms with Crippen molar-refractivity contribution in [2.45, 2.75) is 11.8 Å². The molecule has 0 saturated carbocycles. The summed E-state index contributed by atoms with van der Waals surface area (Å²) < 4.78 is 27.9. The number of amides is 1. The van der Waals surface area contributed by atoms with E-state index in [2.05, 4.69) is 10.5 Å². The van der Waals surface area contributed by atoms with Crippen LogP contribution in [0.3, 0.4) is 0 Å². The zero-order valence-electron chi connectivity index (χ0n) is 18.4. The molecule has 0 aliphatic carbocycles. The van der Waals surface area contributed by atoms with Crippen molar-refractivity contribution in [1.82, 2.24) is 5.43 Å². The minimum Gasteiger partial charge on any atom is -0.271 e. The van der Waals surface area contributed by atoms with Crippen LogP contribution in [0, 0.1) is 6.92 Å². The molecule has 0 spiro atoms. The van der Waals surface area contributed by atoms with Crippen molar-refractivity contribution in [2.75, 3.05) is 10.8 Å². The SMILES string of the molecule is Cc1c(Cl)cccc1N(CC(=O)N/N=C\c1cccc2ccccc12)S(=O)(=O)c1ccccc1. The van der Waals surface area contributed by atoms with Gasteiger partial charge in [-0.25, -0.2) is 13.8 Å². The summed E-state index contributed by atoms with van der Waals surface area (Å²) in [5.74, 6) is -0.588. The van der Waals surface area contributed by atoms with Gasteiger partial charge < -0.3 is 0 Å². The number of nitrogens with one attached hydrogen (secondary N) is 1. The number of carbonyl (C=O) groups excluding carboxylic acids is 1. The number of nitrogens with zero attached hydrogens (tertiary/aromatic N) is 2. The summed E-state index contributed by atoms with van der Waals surface area (Å²) in [6, 6.07) is 26.5. The second-order valence-electron chi connectivity index (χ2n) is 7.57. The summed E-state index contributed by atoms with van der Waals surface area (Å²) in [5, 5.41) is 6.51. The standard InChI is InChI=1S/C26H22ClN3O3S/c1-19-24(27)15-8-16-25(19)30(34(32,33)22-12-3-2-4-13-22)18-26(31)29-28-17-21-11-7-10-20-9-5-6-14-23(20)21/h2-17H,18H2,1H3,(H,29,31)/b28-17-. The summed E-state index contributed by atoms with van der Waals surface area (Å²) in [5.41, 5.74) is 4.15. The van der Waals surface area contributed by atoms with Crippen LogP contribution >= 0.6 is 11.6 Å². The van der Waals surface area contributed by atoms with Crippen LogP contribution in [0.5, 0.6) is 0 Å². The molecule has 0 radical (unpaired) electrons. The lowest BCUT2D eigenvalue weighted by molar-refractivity contribution is -0.119. The first-order valence-corrected chi connectivity index (χ1v) is 12.3. The van der Waals surface area contributed by atoms with Gasteiger partial charge in [-0.1, -0.05) is 78.3 Å². The van der Waals surface area contributed by atoms with Gasteiger partial charge in [0.1, 0.15) is 6.54 Å². The Morgan fingerprint density at radius 3 is 2.41 bits per heavy atom. The van der Waals surface area contributed by atoms with E-state index in [1.165, 1.54) is 12.1 Å². The number of benzene rings is 4. The molecule has 1 N–H and O–H groups in total. The van der Waals surface area contributed by atoms with E-state index in [0.717, 1.165) is 20.6 Å². The van der Waals surface area contributed by atoms with Gasteiger partial charge in [0.25, 0.3) is 15.9 Å². The number of halogens is 1. The number of hydrogen-bond acceptors (Lipinski definition) is 4. The molecule has 4 aromatic rings. The van der Waals surface area contributed by atoms with Crippen molar-refractivity contribution >= 4 is 50.2 Å². The Kier molecular flexibility index (Phi) is 6.95. The van der Waals surface area contributed by atoms with Crippen LogP contribution in [-0.4, -0.2) is 27.1 Å². The maximum atomic E-state index is 13.4. The van der Waals surface area contributed by atoms with Gasteiger partial charge in [0.2, 0.25) is 0 Å². The normalized spacial score (nSPS) is 11.6. The fraction of sp³-hybridized carbons (Fsp3) is 0.0769. The molecule has 34 heavy (non-hydrogen) atoms. The molecule has 4 aromatic carbocycles. The van der Waals surface area contributed by atoms with Gasteiger partial charge in [-0.2, -0.15) is 5.10 Å². The van der Waals surface area contributed by atoms with Crippen LogP contribution in [0.4, 0.5) is 5.69 Å². The van der Waals surface area contributed by atoms with Gasteiger partial charge >= 0.3 is 0 Å². The molecular weight excluding hydrogens is 470 g/mol. The molecule has 8 heteroatoms. The van der Waals surface area contributed by atoms with Crippen molar-refractivity contribution in [2.24, 2.45) is 5.10 Å². The number of sulfonamides is 1. The Labute approximate surface area is 203 Å². The molecule has 0 atom stereocenters. The fourth-order valence-corrected chi connectivity index (χ4v) is 5.26. The minimum atomic E-state index is -4.03. The number of carbonyl (C=O) groups is 1. The maximum Gasteiger partial charge on any atom is 0.264 e. The quantitative estimate of drug-likeness (QED) is 0.287. The number of hydrogen-bond donors (Lipinski definition) is 1. The fourth-order valence-electron chi connectivity index (χ4n) is 3.59. The molecule has 0 saturated heterocycles. The molecule has 0 heterocycles. The van der Waals surface area contributed by atoms with Crippen LogP contribution in [0.2, 0.25) is 5.02 Å². The molecule has 0 aromatic heterocycles. The zero-order valence-corrected chi connectivity index (χ0v) is 19.9. The van der Waals surface area contributed by atoms with Crippen molar-refractivity contribution in [1.29, 1.82) is 0 Å². The van der Waals surface area contributed by atoms with Crippen LogP contribution in [0.25, 0.3) is 10.8 Å². The molecule has 4 rings (SSSR count). The van der Waals surface area contributed by atoms with Crippen LogP contribution in [0.15, 0.2) is 101 Å². The Balaban J connectivity index is 1.61. The monoisotopic (exact) mass is 491 g/mol. The number of fused-ring (bicyclic) bond motifs is 1. The summed E-state index contributed by atoms with van der Waals surface area (Å²) >= 11 is 6.24. The Hall–Kier alpha value is -3.68. The third kappa shape index (κ3) is 4.95. The van der Waals surface area contributed by atoms with E-state index in [4.69, 9.17) is 11.6 Å². The van der Waals surface area contributed by atoms with Gasteiger partial charge in [-0.3, -0.25) is 9.10 Å². The molecule has 0 aliphatic rings. The predicted octanol–water partition coefficient (Wildman–Crippen LogP) is 5.15. The highest BCUT2D eigenvalue weighted by atomic mass is 35.5. The lowest BCUT2D eigenvalue weighted by Gasteiger charge is -2.25. The van der Waals surface area contributed by atoms with Crippen molar-refractivity contribution in [3.05, 3.63) is 107 Å². The smallest absolute Gasteiger partial charge is 0.264 e. The van der Waals surface area contributed by atoms with Gasteiger partial charge in [0, 0.05) is 10.6 Å². The van der Waals surface area contributed by atoms with E-state index >= 15 is 0 Å². The van der Waals surface area contributed by atoms with Crippen LogP contribution in [-0.2, 0) is 14.8 Å². The second kappa shape index (κ2) is 10.1. The lowest BCUT2D eigenvalue weighted by Crippen LogP contribution is -2.40.